The van der Waals surface area contributed by atoms with Crippen molar-refractivity contribution in [2.24, 2.45) is 5.73 Å². The van der Waals surface area contributed by atoms with Crippen LogP contribution in [0.4, 0.5) is 0 Å². The van der Waals surface area contributed by atoms with E-state index in [-0.39, 0.29) is 13.0 Å². The lowest BCUT2D eigenvalue weighted by molar-refractivity contribution is -0.164. The third kappa shape index (κ3) is 5.44. The number of nitrogens with two attached hydrogens (primary N) is 1. The maximum absolute atomic E-state index is 11.7. The van der Waals surface area contributed by atoms with Gasteiger partial charge in [-0.05, 0) is 27.7 Å². The standard InChI is InChI=1S/C11H22N2O5/c1-10(2,3)18-9(17)11(4,12)8(16)13-7(15)5-6-14/h7,14-15H,5-6,12H2,1-4H3,(H,13,16)/t7?,11-/m0/s1. The molecular weight excluding hydrogens is 240 g/mol. The molecule has 0 aliphatic rings. The van der Waals surface area contributed by atoms with E-state index in [1.807, 2.05) is 0 Å². The van der Waals surface area contributed by atoms with Gasteiger partial charge in [-0.25, -0.2) is 4.79 Å². The highest BCUT2D eigenvalue weighted by molar-refractivity contribution is 6.06. The molecule has 0 aromatic carbocycles. The van der Waals surface area contributed by atoms with E-state index in [1.165, 1.54) is 6.92 Å². The molecule has 0 fully saturated rings. The molecule has 0 rings (SSSR count). The molecule has 2 atom stereocenters. The number of nitrogens with one attached hydrogen (secondary N) is 1. The first-order valence-corrected chi connectivity index (χ1v) is 5.63. The first-order chi connectivity index (χ1) is 8.00. The van der Waals surface area contributed by atoms with Crippen molar-refractivity contribution in [3.8, 4) is 0 Å². The summed E-state index contributed by atoms with van der Waals surface area (Å²) in [4.78, 5) is 23.4. The summed E-state index contributed by atoms with van der Waals surface area (Å²) in [5.41, 5.74) is 2.93. The van der Waals surface area contributed by atoms with E-state index in [0.29, 0.717) is 0 Å². The van der Waals surface area contributed by atoms with Gasteiger partial charge in [0.25, 0.3) is 5.91 Å². The van der Waals surface area contributed by atoms with Crippen LogP contribution in [0.25, 0.3) is 0 Å². The Balaban J connectivity index is 4.61. The fraction of sp³-hybridized carbons (Fsp3) is 0.818. The van der Waals surface area contributed by atoms with Gasteiger partial charge in [-0.2, -0.15) is 0 Å². The molecule has 1 unspecified atom stereocenters. The van der Waals surface area contributed by atoms with Gasteiger partial charge >= 0.3 is 5.97 Å². The zero-order valence-corrected chi connectivity index (χ0v) is 11.2. The molecule has 0 aromatic rings. The predicted octanol–water partition coefficient (Wildman–Crippen LogP) is -1.14. The number of hydrogen-bond acceptors (Lipinski definition) is 6. The van der Waals surface area contributed by atoms with Crippen molar-refractivity contribution in [3.63, 3.8) is 0 Å². The molecule has 7 nitrogen and oxygen atoms in total. The lowest BCUT2D eigenvalue weighted by Crippen LogP contribution is -2.60. The SMILES string of the molecule is CC(C)(C)OC(=O)[C@@](C)(N)C(=O)NC(O)CCO. The minimum Gasteiger partial charge on any atom is -0.458 e. The molecule has 0 saturated heterocycles. The summed E-state index contributed by atoms with van der Waals surface area (Å²) in [6.07, 6.45) is -1.30. The van der Waals surface area contributed by atoms with Gasteiger partial charge in [-0.15, -0.1) is 0 Å². The summed E-state index contributed by atoms with van der Waals surface area (Å²) in [6, 6.07) is 0. The van der Waals surface area contributed by atoms with E-state index >= 15 is 0 Å². The van der Waals surface area contributed by atoms with Crippen LogP contribution in [0, 0.1) is 0 Å². The van der Waals surface area contributed by atoms with E-state index in [0.717, 1.165) is 0 Å². The molecule has 5 N–H and O–H groups in total. The Kier molecular flexibility index (Phi) is 5.72. The highest BCUT2D eigenvalue weighted by Crippen LogP contribution is 2.13. The fourth-order valence-corrected chi connectivity index (χ4v) is 0.972. The maximum Gasteiger partial charge on any atom is 0.336 e. The van der Waals surface area contributed by atoms with Gasteiger partial charge in [0.1, 0.15) is 11.8 Å². The Labute approximate surface area is 106 Å². The van der Waals surface area contributed by atoms with Gasteiger partial charge in [0.05, 0.1) is 0 Å². The zero-order chi connectivity index (χ0) is 14.6. The summed E-state index contributed by atoms with van der Waals surface area (Å²) in [6.45, 7) is 5.86. The number of ether oxygens (including phenoxy) is 1. The monoisotopic (exact) mass is 262 g/mol. The average molecular weight is 262 g/mol. The second-order valence-electron chi connectivity index (χ2n) is 5.21. The van der Waals surface area contributed by atoms with Crippen molar-refractivity contribution in [1.29, 1.82) is 0 Å². The van der Waals surface area contributed by atoms with Crippen LogP contribution < -0.4 is 11.1 Å². The zero-order valence-electron chi connectivity index (χ0n) is 11.2. The number of aliphatic hydroxyl groups excluding tert-OH is 2. The van der Waals surface area contributed by atoms with Crippen LogP contribution >= 0.6 is 0 Å². The highest BCUT2D eigenvalue weighted by Gasteiger charge is 2.41. The molecule has 0 saturated carbocycles. The fourth-order valence-electron chi connectivity index (χ4n) is 0.972. The van der Waals surface area contributed by atoms with Gasteiger partial charge in [-0.3, -0.25) is 4.79 Å². The van der Waals surface area contributed by atoms with Crippen molar-refractivity contribution >= 4 is 11.9 Å². The van der Waals surface area contributed by atoms with Gasteiger partial charge in [0.15, 0.2) is 5.54 Å². The van der Waals surface area contributed by atoms with Crippen LogP contribution in [-0.4, -0.2) is 46.1 Å². The Morgan fingerprint density at radius 3 is 2.22 bits per heavy atom. The Hall–Kier alpha value is -1.18. The van der Waals surface area contributed by atoms with E-state index in [1.54, 1.807) is 20.8 Å². The molecule has 0 bridgehead atoms. The molecule has 1 amide bonds. The smallest absolute Gasteiger partial charge is 0.336 e. The molecule has 106 valence electrons. The van der Waals surface area contributed by atoms with E-state index in [9.17, 15) is 14.7 Å². The van der Waals surface area contributed by atoms with E-state index in [4.69, 9.17) is 15.6 Å². The Bertz CT molecular complexity index is 309. The number of rotatable bonds is 5. The summed E-state index contributed by atoms with van der Waals surface area (Å²) in [7, 11) is 0. The minimum absolute atomic E-state index is 0.0455. The van der Waals surface area contributed by atoms with Gasteiger partial charge in [0, 0.05) is 13.0 Å². The summed E-state index contributed by atoms with van der Waals surface area (Å²) >= 11 is 0. The largest absolute Gasteiger partial charge is 0.458 e. The predicted molar refractivity (Wildman–Crippen MR) is 64.3 cm³/mol. The molecule has 0 heterocycles. The van der Waals surface area contributed by atoms with E-state index in [2.05, 4.69) is 5.32 Å². The third-order valence-corrected chi connectivity index (χ3v) is 1.99. The highest BCUT2D eigenvalue weighted by atomic mass is 16.6. The normalized spacial score (nSPS) is 16.6. The molecule has 18 heavy (non-hydrogen) atoms. The lowest BCUT2D eigenvalue weighted by Gasteiger charge is -2.28. The quantitative estimate of drug-likeness (QED) is 0.282. The first-order valence-electron chi connectivity index (χ1n) is 5.63. The minimum atomic E-state index is -1.90. The van der Waals surface area contributed by atoms with Crippen LogP contribution in [-0.2, 0) is 14.3 Å². The van der Waals surface area contributed by atoms with Crippen LogP contribution in [0.2, 0.25) is 0 Å². The molecular formula is C11H22N2O5. The number of carbonyl (C=O) groups is 2. The summed E-state index contributed by atoms with van der Waals surface area (Å²) in [5.74, 6) is -1.75. The molecule has 0 aromatic heterocycles. The molecule has 7 heteroatoms. The van der Waals surface area contributed by atoms with Crippen molar-refractivity contribution in [2.45, 2.75) is 51.5 Å². The number of amides is 1. The number of aliphatic hydroxyl groups is 2. The summed E-state index contributed by atoms with van der Waals surface area (Å²) < 4.78 is 5.01. The summed E-state index contributed by atoms with van der Waals surface area (Å²) in [5, 5.41) is 20.0. The Morgan fingerprint density at radius 2 is 1.83 bits per heavy atom. The third-order valence-electron chi connectivity index (χ3n) is 1.99. The lowest BCUT2D eigenvalue weighted by atomic mass is 10.0. The maximum atomic E-state index is 11.7. The second-order valence-corrected chi connectivity index (χ2v) is 5.21. The molecule has 0 radical (unpaired) electrons. The van der Waals surface area contributed by atoms with Gasteiger partial charge < -0.3 is 26.0 Å². The van der Waals surface area contributed by atoms with Crippen LogP contribution in [0.1, 0.15) is 34.1 Å². The number of esters is 1. The van der Waals surface area contributed by atoms with E-state index < -0.39 is 29.2 Å². The number of hydrogen-bond donors (Lipinski definition) is 4. The van der Waals surface area contributed by atoms with Gasteiger partial charge in [-0.1, -0.05) is 0 Å². The second kappa shape index (κ2) is 6.12. The Morgan fingerprint density at radius 1 is 1.33 bits per heavy atom. The first kappa shape index (κ1) is 16.8. The van der Waals surface area contributed by atoms with Crippen molar-refractivity contribution < 1.29 is 24.5 Å². The van der Waals surface area contributed by atoms with Crippen LogP contribution in [0.3, 0.4) is 0 Å². The topological polar surface area (TPSA) is 122 Å². The van der Waals surface area contributed by atoms with Gasteiger partial charge in [0.2, 0.25) is 0 Å². The molecule has 0 aliphatic heterocycles. The van der Waals surface area contributed by atoms with Crippen LogP contribution in [0.5, 0.6) is 0 Å². The van der Waals surface area contributed by atoms with Crippen molar-refractivity contribution in [1.82, 2.24) is 5.32 Å². The van der Waals surface area contributed by atoms with Crippen molar-refractivity contribution in [2.75, 3.05) is 6.61 Å². The van der Waals surface area contributed by atoms with Crippen molar-refractivity contribution in [3.05, 3.63) is 0 Å². The average Bonchev–Trinajstić information content (AvgIpc) is 2.14. The van der Waals surface area contributed by atoms with Crippen LogP contribution in [0.15, 0.2) is 0 Å². The molecule has 0 spiro atoms. The number of carbonyl (C=O) groups excluding carboxylic acids is 2. The molecule has 0 aliphatic carbocycles.